The molecular formula is C7H11NO2. The summed E-state index contributed by atoms with van der Waals surface area (Å²) in [5, 5.41) is 3.16. The van der Waals surface area contributed by atoms with Crippen LogP contribution in [0.1, 0.15) is 19.3 Å². The SMILES string of the molecule is O=C1CN[C@@H]2CCC[C@H]2O1. The average molecular weight is 141 g/mol. The Morgan fingerprint density at radius 2 is 2.40 bits per heavy atom. The lowest BCUT2D eigenvalue weighted by molar-refractivity contribution is -0.153. The van der Waals surface area contributed by atoms with Crippen molar-refractivity contribution in [2.45, 2.75) is 31.4 Å². The summed E-state index contributed by atoms with van der Waals surface area (Å²) in [5.74, 6) is -0.0943. The summed E-state index contributed by atoms with van der Waals surface area (Å²) in [5.41, 5.74) is 0. The molecule has 1 aliphatic carbocycles. The number of carbonyl (C=O) groups excluding carboxylic acids is 1. The van der Waals surface area contributed by atoms with Crippen LogP contribution in [0.4, 0.5) is 0 Å². The molecule has 1 saturated heterocycles. The number of morpholine rings is 1. The summed E-state index contributed by atoms with van der Waals surface area (Å²) in [4.78, 5) is 10.7. The Balaban J connectivity index is 2.03. The van der Waals surface area contributed by atoms with Gasteiger partial charge >= 0.3 is 5.97 Å². The average Bonchev–Trinajstić information content (AvgIpc) is 2.33. The topological polar surface area (TPSA) is 38.3 Å². The number of esters is 1. The second-order valence-electron chi connectivity index (χ2n) is 2.95. The number of carbonyl (C=O) groups is 1. The number of hydrogen-bond acceptors (Lipinski definition) is 3. The fourth-order valence-corrected chi connectivity index (χ4v) is 1.73. The molecule has 0 spiro atoms. The van der Waals surface area contributed by atoms with Crippen molar-refractivity contribution in [1.29, 1.82) is 0 Å². The number of rotatable bonds is 0. The van der Waals surface area contributed by atoms with Crippen molar-refractivity contribution < 1.29 is 9.53 Å². The van der Waals surface area contributed by atoms with Gasteiger partial charge in [-0.3, -0.25) is 4.79 Å². The van der Waals surface area contributed by atoms with Crippen LogP contribution >= 0.6 is 0 Å². The van der Waals surface area contributed by atoms with E-state index in [-0.39, 0.29) is 12.1 Å². The van der Waals surface area contributed by atoms with Gasteiger partial charge in [0.15, 0.2) is 0 Å². The van der Waals surface area contributed by atoms with Gasteiger partial charge in [-0.15, -0.1) is 0 Å². The molecular weight excluding hydrogens is 130 g/mol. The van der Waals surface area contributed by atoms with Crippen LogP contribution in [0.2, 0.25) is 0 Å². The Bertz CT molecular complexity index is 158. The van der Waals surface area contributed by atoms with Gasteiger partial charge in [0.1, 0.15) is 6.10 Å². The fourth-order valence-electron chi connectivity index (χ4n) is 1.73. The van der Waals surface area contributed by atoms with Gasteiger partial charge in [0.2, 0.25) is 0 Å². The van der Waals surface area contributed by atoms with Crippen molar-refractivity contribution in [3.8, 4) is 0 Å². The second kappa shape index (κ2) is 2.23. The highest BCUT2D eigenvalue weighted by atomic mass is 16.5. The van der Waals surface area contributed by atoms with Crippen molar-refractivity contribution in [3.05, 3.63) is 0 Å². The van der Waals surface area contributed by atoms with Crippen LogP contribution in [0.3, 0.4) is 0 Å². The van der Waals surface area contributed by atoms with Gasteiger partial charge in [-0.1, -0.05) is 0 Å². The van der Waals surface area contributed by atoms with Gasteiger partial charge in [-0.05, 0) is 19.3 Å². The van der Waals surface area contributed by atoms with E-state index in [4.69, 9.17) is 4.74 Å². The van der Waals surface area contributed by atoms with Crippen molar-refractivity contribution in [2.75, 3.05) is 6.54 Å². The lowest BCUT2D eigenvalue weighted by Crippen LogP contribution is -2.47. The van der Waals surface area contributed by atoms with E-state index >= 15 is 0 Å². The third-order valence-electron chi connectivity index (χ3n) is 2.24. The Labute approximate surface area is 59.7 Å². The predicted octanol–water partition coefficient (Wildman–Crippen LogP) is 0.0539. The van der Waals surface area contributed by atoms with Crippen LogP contribution in [0.25, 0.3) is 0 Å². The summed E-state index contributed by atoms with van der Waals surface area (Å²) in [7, 11) is 0. The molecule has 2 rings (SSSR count). The van der Waals surface area contributed by atoms with Gasteiger partial charge < -0.3 is 10.1 Å². The maximum atomic E-state index is 10.7. The van der Waals surface area contributed by atoms with E-state index < -0.39 is 0 Å². The first-order valence-electron chi connectivity index (χ1n) is 3.79. The molecule has 3 nitrogen and oxygen atoms in total. The van der Waals surface area contributed by atoms with Gasteiger partial charge in [-0.2, -0.15) is 0 Å². The number of ether oxygens (including phenoxy) is 1. The molecule has 2 atom stereocenters. The summed E-state index contributed by atoms with van der Waals surface area (Å²) < 4.78 is 5.11. The van der Waals surface area contributed by atoms with E-state index in [9.17, 15) is 4.79 Å². The molecule has 56 valence electrons. The zero-order valence-electron chi connectivity index (χ0n) is 5.80. The Morgan fingerprint density at radius 3 is 3.30 bits per heavy atom. The highest BCUT2D eigenvalue weighted by molar-refractivity contribution is 5.72. The van der Waals surface area contributed by atoms with Gasteiger partial charge in [-0.25, -0.2) is 0 Å². The molecule has 10 heavy (non-hydrogen) atoms. The van der Waals surface area contributed by atoms with E-state index in [1.54, 1.807) is 0 Å². The van der Waals surface area contributed by atoms with E-state index in [2.05, 4.69) is 5.32 Å². The summed E-state index contributed by atoms with van der Waals surface area (Å²) in [6.07, 6.45) is 3.58. The summed E-state index contributed by atoms with van der Waals surface area (Å²) >= 11 is 0. The van der Waals surface area contributed by atoms with Crippen LogP contribution in [0, 0.1) is 0 Å². The van der Waals surface area contributed by atoms with E-state index in [1.807, 2.05) is 0 Å². The molecule has 1 heterocycles. The van der Waals surface area contributed by atoms with Gasteiger partial charge in [0, 0.05) is 6.04 Å². The first-order chi connectivity index (χ1) is 4.86. The van der Waals surface area contributed by atoms with Crippen LogP contribution in [-0.4, -0.2) is 24.7 Å². The summed E-state index contributed by atoms with van der Waals surface area (Å²) in [6, 6.07) is 0.456. The molecule has 0 unspecified atom stereocenters. The zero-order chi connectivity index (χ0) is 6.97. The van der Waals surface area contributed by atoms with Crippen molar-refractivity contribution in [2.24, 2.45) is 0 Å². The molecule has 0 bridgehead atoms. The van der Waals surface area contributed by atoms with Crippen LogP contribution in [-0.2, 0) is 9.53 Å². The molecule has 2 fully saturated rings. The number of nitrogens with one attached hydrogen (secondary N) is 1. The highest BCUT2D eigenvalue weighted by Crippen LogP contribution is 2.23. The molecule has 0 aromatic carbocycles. The van der Waals surface area contributed by atoms with Crippen LogP contribution in [0.15, 0.2) is 0 Å². The van der Waals surface area contributed by atoms with Crippen LogP contribution in [0.5, 0.6) is 0 Å². The Kier molecular flexibility index (Phi) is 1.38. The normalized spacial score (nSPS) is 39.0. The molecule has 1 N–H and O–H groups in total. The Morgan fingerprint density at radius 1 is 1.50 bits per heavy atom. The summed E-state index contributed by atoms with van der Waals surface area (Å²) in [6.45, 7) is 0.404. The van der Waals surface area contributed by atoms with E-state index in [1.165, 1.54) is 6.42 Å². The number of fused-ring (bicyclic) bond motifs is 1. The maximum Gasteiger partial charge on any atom is 0.320 e. The molecule has 1 aliphatic heterocycles. The van der Waals surface area contributed by atoms with Crippen molar-refractivity contribution >= 4 is 5.97 Å². The quantitative estimate of drug-likeness (QED) is 0.484. The highest BCUT2D eigenvalue weighted by Gasteiger charge is 2.33. The monoisotopic (exact) mass is 141 g/mol. The predicted molar refractivity (Wildman–Crippen MR) is 35.5 cm³/mol. The van der Waals surface area contributed by atoms with Crippen molar-refractivity contribution in [1.82, 2.24) is 5.32 Å². The maximum absolute atomic E-state index is 10.7. The molecule has 0 radical (unpaired) electrons. The minimum Gasteiger partial charge on any atom is -0.460 e. The molecule has 0 aromatic rings. The lowest BCUT2D eigenvalue weighted by Gasteiger charge is -2.26. The largest absolute Gasteiger partial charge is 0.460 e. The van der Waals surface area contributed by atoms with Gasteiger partial charge in [0.05, 0.1) is 6.54 Å². The fraction of sp³-hybridized carbons (Fsp3) is 0.857. The standard InChI is InChI=1S/C7H11NO2/c9-7-4-8-5-2-1-3-6(5)10-7/h5-6,8H,1-4H2/t5-,6-/m1/s1. The molecule has 0 aromatic heterocycles. The van der Waals surface area contributed by atoms with Gasteiger partial charge in [0.25, 0.3) is 0 Å². The van der Waals surface area contributed by atoms with E-state index in [0.29, 0.717) is 12.6 Å². The molecule has 2 aliphatic rings. The van der Waals surface area contributed by atoms with Crippen molar-refractivity contribution in [3.63, 3.8) is 0 Å². The molecule has 0 amide bonds. The van der Waals surface area contributed by atoms with E-state index in [0.717, 1.165) is 12.8 Å². The Hall–Kier alpha value is -0.570. The first-order valence-corrected chi connectivity index (χ1v) is 3.79. The minimum absolute atomic E-state index is 0.0943. The third-order valence-corrected chi connectivity index (χ3v) is 2.24. The third kappa shape index (κ3) is 0.904. The smallest absolute Gasteiger partial charge is 0.320 e. The molecule has 1 saturated carbocycles. The lowest BCUT2D eigenvalue weighted by atomic mass is 10.2. The van der Waals surface area contributed by atoms with Crippen LogP contribution < -0.4 is 5.32 Å². The second-order valence-corrected chi connectivity index (χ2v) is 2.95. The number of hydrogen-bond donors (Lipinski definition) is 1. The zero-order valence-corrected chi connectivity index (χ0v) is 5.80. The first kappa shape index (κ1) is 6.16. The molecule has 3 heteroatoms. The minimum atomic E-state index is -0.0943.